The summed E-state index contributed by atoms with van der Waals surface area (Å²) in [5.74, 6) is 0.849. The molecule has 7 nitrogen and oxygen atoms in total. The van der Waals surface area contributed by atoms with Crippen molar-refractivity contribution in [3.8, 4) is 17.3 Å². The Morgan fingerprint density at radius 1 is 1.31 bits per heavy atom. The lowest BCUT2D eigenvalue weighted by Gasteiger charge is -2.17. The number of hydrogen-bond acceptors (Lipinski definition) is 6. The van der Waals surface area contributed by atoms with E-state index in [2.05, 4.69) is 38.5 Å². The van der Waals surface area contributed by atoms with Gasteiger partial charge in [0.25, 0.3) is 0 Å². The fourth-order valence-corrected chi connectivity index (χ4v) is 3.53. The number of aromatic nitrogens is 3. The van der Waals surface area contributed by atoms with Crippen LogP contribution in [0.3, 0.4) is 0 Å². The first-order valence-corrected chi connectivity index (χ1v) is 8.71. The molecule has 3 aromatic rings. The standard InChI is InChI=1S/C18H16N6OS/c19-9-12-13-15(22-18(20)23-16(13)24-6-1-2-7-24)21-14(12)10-4-3-5-11(8-10)17(25)26/h3-5,8H,1-2,6-7H2,(H,25,26)(H3,20,21,22,23). The third kappa shape index (κ3) is 2.66. The lowest BCUT2D eigenvalue weighted by Crippen LogP contribution is -2.20. The van der Waals surface area contributed by atoms with E-state index in [0.29, 0.717) is 39.2 Å². The van der Waals surface area contributed by atoms with Gasteiger partial charge in [-0.2, -0.15) is 15.2 Å². The number of carbonyl (C=O) groups is 1. The molecule has 2 aromatic heterocycles. The van der Waals surface area contributed by atoms with Crippen molar-refractivity contribution in [1.82, 2.24) is 15.0 Å². The molecule has 130 valence electrons. The summed E-state index contributed by atoms with van der Waals surface area (Å²) >= 11 is 3.88. The molecule has 0 saturated carbocycles. The minimum Gasteiger partial charge on any atom is -0.368 e. The van der Waals surface area contributed by atoms with E-state index in [1.54, 1.807) is 18.2 Å². The van der Waals surface area contributed by atoms with Crippen LogP contribution in [-0.2, 0) is 0 Å². The molecule has 0 amide bonds. The molecule has 0 radical (unpaired) electrons. The first-order valence-electron chi connectivity index (χ1n) is 8.26. The van der Waals surface area contributed by atoms with E-state index >= 15 is 0 Å². The van der Waals surface area contributed by atoms with Crippen LogP contribution in [0, 0.1) is 11.3 Å². The number of anilines is 2. The molecule has 3 heterocycles. The van der Waals surface area contributed by atoms with Crippen molar-refractivity contribution < 1.29 is 4.79 Å². The molecular weight excluding hydrogens is 348 g/mol. The van der Waals surface area contributed by atoms with Crippen molar-refractivity contribution in [2.45, 2.75) is 12.8 Å². The Morgan fingerprint density at radius 3 is 2.77 bits per heavy atom. The molecule has 26 heavy (non-hydrogen) atoms. The molecule has 0 aliphatic carbocycles. The van der Waals surface area contributed by atoms with Crippen molar-refractivity contribution in [2.75, 3.05) is 23.7 Å². The summed E-state index contributed by atoms with van der Waals surface area (Å²) < 4.78 is 0. The molecule has 0 atom stereocenters. The van der Waals surface area contributed by atoms with Gasteiger partial charge in [0.1, 0.15) is 17.5 Å². The van der Waals surface area contributed by atoms with Gasteiger partial charge in [0.05, 0.1) is 16.6 Å². The SMILES string of the molecule is N#Cc1c(-c2cccc(C(=O)S)c2)[nH]c2nc(N)nc(N3CCCC3)c12. The Morgan fingerprint density at radius 2 is 2.08 bits per heavy atom. The van der Waals surface area contributed by atoms with Crippen LogP contribution in [0.25, 0.3) is 22.3 Å². The number of thiol groups is 1. The van der Waals surface area contributed by atoms with E-state index in [-0.39, 0.29) is 11.1 Å². The number of nitrogens with zero attached hydrogens (tertiary/aromatic N) is 4. The van der Waals surface area contributed by atoms with Crippen LogP contribution in [0.15, 0.2) is 24.3 Å². The third-order valence-corrected chi connectivity index (χ3v) is 4.82. The Labute approximate surface area is 155 Å². The molecule has 1 fully saturated rings. The third-order valence-electron chi connectivity index (χ3n) is 4.57. The van der Waals surface area contributed by atoms with E-state index < -0.39 is 0 Å². The van der Waals surface area contributed by atoms with Crippen molar-refractivity contribution in [3.05, 3.63) is 35.4 Å². The number of nitriles is 1. The molecule has 1 saturated heterocycles. The number of nitrogen functional groups attached to an aromatic ring is 1. The number of benzene rings is 1. The molecule has 0 spiro atoms. The quantitative estimate of drug-likeness (QED) is 0.616. The number of rotatable bonds is 3. The molecule has 1 aliphatic rings. The molecular formula is C18H16N6OS. The minimum atomic E-state index is -0.330. The Bertz CT molecular complexity index is 1060. The molecule has 4 rings (SSSR count). The minimum absolute atomic E-state index is 0.163. The van der Waals surface area contributed by atoms with Crippen LogP contribution >= 0.6 is 12.6 Å². The van der Waals surface area contributed by atoms with Crippen LogP contribution in [0.2, 0.25) is 0 Å². The topological polar surface area (TPSA) is 112 Å². The Balaban J connectivity index is 1.97. The average molecular weight is 364 g/mol. The molecule has 3 N–H and O–H groups in total. The summed E-state index contributed by atoms with van der Waals surface area (Å²) in [6.07, 6.45) is 2.16. The van der Waals surface area contributed by atoms with Crippen molar-refractivity contribution >= 4 is 40.5 Å². The van der Waals surface area contributed by atoms with Crippen LogP contribution in [0.5, 0.6) is 0 Å². The number of fused-ring (bicyclic) bond motifs is 1. The molecule has 1 aliphatic heterocycles. The second-order valence-corrected chi connectivity index (χ2v) is 6.60. The summed E-state index contributed by atoms with van der Waals surface area (Å²) in [4.78, 5) is 25.6. The maximum absolute atomic E-state index is 11.6. The number of H-pyrrole nitrogens is 1. The second kappa shape index (κ2) is 6.35. The lowest BCUT2D eigenvalue weighted by molar-refractivity contribution is 0.109. The van der Waals surface area contributed by atoms with Crippen LogP contribution in [-0.4, -0.2) is 33.2 Å². The van der Waals surface area contributed by atoms with Gasteiger partial charge < -0.3 is 15.6 Å². The van der Waals surface area contributed by atoms with Gasteiger partial charge in [0.15, 0.2) is 0 Å². The van der Waals surface area contributed by atoms with Crippen LogP contribution < -0.4 is 10.6 Å². The van der Waals surface area contributed by atoms with Gasteiger partial charge >= 0.3 is 0 Å². The zero-order valence-corrected chi connectivity index (χ0v) is 14.8. The normalized spacial score (nSPS) is 13.9. The van der Waals surface area contributed by atoms with Gasteiger partial charge in [-0.3, -0.25) is 4.79 Å². The van der Waals surface area contributed by atoms with Crippen molar-refractivity contribution in [2.24, 2.45) is 0 Å². The summed E-state index contributed by atoms with van der Waals surface area (Å²) in [7, 11) is 0. The highest BCUT2D eigenvalue weighted by molar-refractivity contribution is 7.97. The van der Waals surface area contributed by atoms with Gasteiger partial charge in [-0.1, -0.05) is 18.2 Å². The number of aromatic amines is 1. The molecule has 0 unspecified atom stereocenters. The predicted octanol–water partition coefficient (Wildman–Crippen LogP) is 2.75. The summed E-state index contributed by atoms with van der Waals surface area (Å²) in [6, 6.07) is 9.24. The highest BCUT2D eigenvalue weighted by Crippen LogP contribution is 2.36. The second-order valence-electron chi connectivity index (χ2n) is 6.20. The Hall–Kier alpha value is -3.05. The summed E-state index contributed by atoms with van der Waals surface area (Å²) in [5.41, 5.74) is 8.63. The molecule has 8 heteroatoms. The van der Waals surface area contributed by atoms with Crippen LogP contribution in [0.4, 0.5) is 11.8 Å². The maximum atomic E-state index is 11.6. The van der Waals surface area contributed by atoms with E-state index in [1.807, 2.05) is 6.07 Å². The zero-order valence-electron chi connectivity index (χ0n) is 13.9. The van der Waals surface area contributed by atoms with E-state index in [0.717, 1.165) is 25.9 Å². The van der Waals surface area contributed by atoms with Gasteiger partial charge in [-0.25, -0.2) is 0 Å². The smallest absolute Gasteiger partial charge is 0.224 e. The van der Waals surface area contributed by atoms with Crippen LogP contribution in [0.1, 0.15) is 28.8 Å². The zero-order chi connectivity index (χ0) is 18.3. The average Bonchev–Trinajstić information content (AvgIpc) is 3.28. The van der Waals surface area contributed by atoms with E-state index in [1.165, 1.54) is 0 Å². The van der Waals surface area contributed by atoms with Gasteiger partial charge in [-0.15, -0.1) is 12.6 Å². The molecule has 0 bridgehead atoms. The fourth-order valence-electron chi connectivity index (χ4n) is 3.39. The van der Waals surface area contributed by atoms with Crippen molar-refractivity contribution in [1.29, 1.82) is 5.26 Å². The van der Waals surface area contributed by atoms with Gasteiger partial charge in [-0.05, 0) is 18.9 Å². The van der Waals surface area contributed by atoms with Gasteiger partial charge in [0.2, 0.25) is 11.1 Å². The summed E-state index contributed by atoms with van der Waals surface area (Å²) in [6.45, 7) is 1.75. The number of nitrogens with one attached hydrogen (secondary N) is 1. The fraction of sp³-hybridized carbons (Fsp3) is 0.222. The predicted molar refractivity (Wildman–Crippen MR) is 103 cm³/mol. The number of hydrogen-bond donors (Lipinski definition) is 3. The Kier molecular flexibility index (Phi) is 4.01. The first kappa shape index (κ1) is 16.4. The number of carbonyl (C=O) groups excluding carboxylic acids is 1. The van der Waals surface area contributed by atoms with E-state index in [4.69, 9.17) is 5.73 Å². The van der Waals surface area contributed by atoms with Crippen molar-refractivity contribution in [3.63, 3.8) is 0 Å². The summed E-state index contributed by atoms with van der Waals surface area (Å²) in [5, 5.41) is 10.2. The highest BCUT2D eigenvalue weighted by Gasteiger charge is 2.24. The lowest BCUT2D eigenvalue weighted by atomic mass is 10.0. The first-order chi connectivity index (χ1) is 12.6. The largest absolute Gasteiger partial charge is 0.368 e. The highest BCUT2D eigenvalue weighted by atomic mass is 32.1. The monoisotopic (exact) mass is 364 g/mol. The van der Waals surface area contributed by atoms with E-state index in [9.17, 15) is 10.1 Å². The molecule has 1 aromatic carbocycles. The maximum Gasteiger partial charge on any atom is 0.224 e. The number of nitrogens with two attached hydrogens (primary N) is 1. The van der Waals surface area contributed by atoms with Gasteiger partial charge in [0, 0.05) is 24.2 Å².